The molecule has 20 heavy (non-hydrogen) atoms. The summed E-state index contributed by atoms with van der Waals surface area (Å²) < 4.78 is 0. The lowest BCUT2D eigenvalue weighted by Crippen LogP contribution is -2.32. The summed E-state index contributed by atoms with van der Waals surface area (Å²) in [7, 11) is 0. The molecule has 4 nitrogen and oxygen atoms in total. The highest BCUT2D eigenvalue weighted by molar-refractivity contribution is 5.93. The topological polar surface area (TPSA) is 45.2 Å². The van der Waals surface area contributed by atoms with Crippen molar-refractivity contribution in [2.75, 3.05) is 26.2 Å². The van der Waals surface area contributed by atoms with Gasteiger partial charge in [-0.3, -0.25) is 9.78 Å². The highest BCUT2D eigenvalue weighted by Gasteiger charge is 2.23. The quantitative estimate of drug-likeness (QED) is 0.895. The number of rotatable bonds is 5. The molecule has 1 aliphatic rings. The summed E-state index contributed by atoms with van der Waals surface area (Å²) in [5, 5.41) is 3.03. The number of likely N-dealkylation sites (tertiary alicyclic amines) is 1. The van der Waals surface area contributed by atoms with E-state index in [4.69, 9.17) is 0 Å². The minimum absolute atomic E-state index is 0.0505. The van der Waals surface area contributed by atoms with E-state index in [1.807, 2.05) is 19.1 Å². The Morgan fingerprint density at radius 1 is 1.55 bits per heavy atom. The van der Waals surface area contributed by atoms with Crippen LogP contribution in [0.5, 0.6) is 0 Å². The lowest BCUT2D eigenvalue weighted by atomic mass is 10.1. The molecule has 4 heteroatoms. The maximum absolute atomic E-state index is 12.1. The number of pyridine rings is 1. The van der Waals surface area contributed by atoms with Crippen molar-refractivity contribution in [3.8, 4) is 0 Å². The van der Waals surface area contributed by atoms with Crippen molar-refractivity contribution in [1.29, 1.82) is 0 Å². The van der Waals surface area contributed by atoms with E-state index in [0.717, 1.165) is 31.7 Å². The van der Waals surface area contributed by atoms with E-state index < -0.39 is 0 Å². The Bertz CT molecular complexity index is 459. The Kier molecular flexibility index (Phi) is 5.12. The second-order valence-corrected chi connectivity index (χ2v) is 6.19. The van der Waals surface area contributed by atoms with Gasteiger partial charge in [-0.05, 0) is 43.4 Å². The van der Waals surface area contributed by atoms with Gasteiger partial charge in [0.25, 0.3) is 5.91 Å². The second kappa shape index (κ2) is 6.84. The standard InChI is InChI=1S/C16H25N3O/c1-12(2)10-19-8-6-14(11-19)9-18-16(20)15-13(3)5-4-7-17-15/h4-5,7,12,14H,6,8-11H2,1-3H3,(H,18,20)/t14-/m1/s1. The molecule has 1 saturated heterocycles. The average molecular weight is 275 g/mol. The molecule has 1 N–H and O–H groups in total. The molecule has 0 saturated carbocycles. The molecule has 110 valence electrons. The third kappa shape index (κ3) is 4.04. The molecule has 0 aromatic carbocycles. The van der Waals surface area contributed by atoms with Gasteiger partial charge < -0.3 is 10.2 Å². The molecule has 1 aromatic rings. The highest BCUT2D eigenvalue weighted by atomic mass is 16.1. The normalized spacial score (nSPS) is 19.5. The van der Waals surface area contributed by atoms with Gasteiger partial charge in [0.1, 0.15) is 5.69 Å². The van der Waals surface area contributed by atoms with Crippen molar-refractivity contribution in [3.63, 3.8) is 0 Å². The summed E-state index contributed by atoms with van der Waals surface area (Å²) in [6, 6.07) is 3.77. The Morgan fingerprint density at radius 3 is 3.05 bits per heavy atom. The van der Waals surface area contributed by atoms with Gasteiger partial charge in [-0.25, -0.2) is 0 Å². The molecule has 0 unspecified atom stereocenters. The van der Waals surface area contributed by atoms with Crippen LogP contribution < -0.4 is 5.32 Å². The Hall–Kier alpha value is -1.42. The summed E-state index contributed by atoms with van der Waals surface area (Å²) in [6.45, 7) is 10.6. The molecule has 0 radical (unpaired) electrons. The Balaban J connectivity index is 1.79. The number of hydrogen-bond acceptors (Lipinski definition) is 3. The van der Waals surface area contributed by atoms with Gasteiger partial charge in [-0.2, -0.15) is 0 Å². The van der Waals surface area contributed by atoms with Crippen molar-refractivity contribution in [2.45, 2.75) is 27.2 Å². The van der Waals surface area contributed by atoms with Crippen molar-refractivity contribution in [2.24, 2.45) is 11.8 Å². The van der Waals surface area contributed by atoms with E-state index in [9.17, 15) is 4.79 Å². The van der Waals surface area contributed by atoms with Gasteiger partial charge in [0, 0.05) is 25.8 Å². The number of amides is 1. The van der Waals surface area contributed by atoms with Gasteiger partial charge in [0.2, 0.25) is 0 Å². The van der Waals surface area contributed by atoms with Crippen molar-refractivity contribution in [3.05, 3.63) is 29.6 Å². The molecular weight excluding hydrogens is 250 g/mol. The van der Waals surface area contributed by atoms with E-state index in [2.05, 4.69) is 29.0 Å². The zero-order chi connectivity index (χ0) is 14.5. The first-order valence-electron chi connectivity index (χ1n) is 7.48. The van der Waals surface area contributed by atoms with Crippen LogP contribution in [0.4, 0.5) is 0 Å². The molecule has 1 amide bonds. The minimum Gasteiger partial charge on any atom is -0.350 e. The lowest BCUT2D eigenvalue weighted by Gasteiger charge is -2.18. The number of carbonyl (C=O) groups excluding carboxylic acids is 1. The summed E-state index contributed by atoms with van der Waals surface area (Å²) in [4.78, 5) is 18.7. The van der Waals surface area contributed by atoms with Gasteiger partial charge in [-0.15, -0.1) is 0 Å². The molecule has 2 heterocycles. The molecular formula is C16H25N3O. The molecule has 1 atom stereocenters. The Labute approximate surface area is 121 Å². The smallest absolute Gasteiger partial charge is 0.270 e. The number of carbonyl (C=O) groups is 1. The molecule has 1 aliphatic heterocycles. The largest absolute Gasteiger partial charge is 0.350 e. The number of nitrogens with zero attached hydrogens (tertiary/aromatic N) is 2. The second-order valence-electron chi connectivity index (χ2n) is 6.19. The van der Waals surface area contributed by atoms with Crippen LogP contribution in [0.3, 0.4) is 0 Å². The van der Waals surface area contributed by atoms with Crippen molar-refractivity contribution >= 4 is 5.91 Å². The van der Waals surface area contributed by atoms with Crippen LogP contribution >= 0.6 is 0 Å². The molecule has 0 aliphatic carbocycles. The zero-order valence-electron chi connectivity index (χ0n) is 12.7. The van der Waals surface area contributed by atoms with Crippen LogP contribution in [-0.2, 0) is 0 Å². The van der Waals surface area contributed by atoms with Gasteiger partial charge in [-0.1, -0.05) is 19.9 Å². The molecule has 1 aromatic heterocycles. The first kappa shape index (κ1) is 15.0. The maximum atomic E-state index is 12.1. The minimum atomic E-state index is -0.0505. The van der Waals surface area contributed by atoms with E-state index in [1.54, 1.807) is 6.20 Å². The van der Waals surface area contributed by atoms with Crippen LogP contribution in [0, 0.1) is 18.8 Å². The average Bonchev–Trinajstić information content (AvgIpc) is 2.83. The summed E-state index contributed by atoms with van der Waals surface area (Å²) in [5.74, 6) is 1.23. The monoisotopic (exact) mass is 275 g/mol. The van der Waals surface area contributed by atoms with Gasteiger partial charge >= 0.3 is 0 Å². The zero-order valence-corrected chi connectivity index (χ0v) is 12.7. The van der Waals surface area contributed by atoms with Crippen LogP contribution in [0.1, 0.15) is 36.3 Å². The van der Waals surface area contributed by atoms with Crippen LogP contribution in [0.25, 0.3) is 0 Å². The molecule has 0 spiro atoms. The van der Waals surface area contributed by atoms with Crippen LogP contribution in [0.15, 0.2) is 18.3 Å². The SMILES string of the molecule is Cc1cccnc1C(=O)NC[C@H]1CCN(CC(C)C)C1. The number of nitrogens with one attached hydrogen (secondary N) is 1. The van der Waals surface area contributed by atoms with Crippen molar-refractivity contribution in [1.82, 2.24) is 15.2 Å². The van der Waals surface area contributed by atoms with E-state index in [1.165, 1.54) is 6.42 Å². The van der Waals surface area contributed by atoms with E-state index in [0.29, 0.717) is 17.5 Å². The van der Waals surface area contributed by atoms with E-state index >= 15 is 0 Å². The van der Waals surface area contributed by atoms with Crippen molar-refractivity contribution < 1.29 is 4.79 Å². The summed E-state index contributed by atoms with van der Waals surface area (Å²) in [5.41, 5.74) is 1.47. The first-order valence-corrected chi connectivity index (χ1v) is 7.48. The number of aromatic nitrogens is 1. The maximum Gasteiger partial charge on any atom is 0.270 e. The predicted molar refractivity (Wildman–Crippen MR) is 80.7 cm³/mol. The fourth-order valence-corrected chi connectivity index (χ4v) is 2.81. The van der Waals surface area contributed by atoms with Crippen LogP contribution in [0.2, 0.25) is 0 Å². The first-order chi connectivity index (χ1) is 9.56. The Morgan fingerprint density at radius 2 is 2.35 bits per heavy atom. The molecule has 0 bridgehead atoms. The fourth-order valence-electron chi connectivity index (χ4n) is 2.81. The fraction of sp³-hybridized carbons (Fsp3) is 0.625. The van der Waals surface area contributed by atoms with E-state index in [-0.39, 0.29) is 5.91 Å². The predicted octanol–water partition coefficient (Wildman–Crippen LogP) is 2.10. The van der Waals surface area contributed by atoms with Crippen LogP contribution in [-0.4, -0.2) is 42.0 Å². The number of aryl methyl sites for hydroxylation is 1. The lowest BCUT2D eigenvalue weighted by molar-refractivity contribution is 0.0941. The third-order valence-electron chi connectivity index (χ3n) is 3.77. The molecule has 1 fully saturated rings. The number of hydrogen-bond donors (Lipinski definition) is 1. The third-order valence-corrected chi connectivity index (χ3v) is 3.77. The summed E-state index contributed by atoms with van der Waals surface area (Å²) >= 11 is 0. The van der Waals surface area contributed by atoms with Gasteiger partial charge in [0.15, 0.2) is 0 Å². The molecule has 2 rings (SSSR count). The summed E-state index contributed by atoms with van der Waals surface area (Å²) in [6.07, 6.45) is 2.84. The highest BCUT2D eigenvalue weighted by Crippen LogP contribution is 2.16. The van der Waals surface area contributed by atoms with Gasteiger partial charge in [0.05, 0.1) is 0 Å².